The quantitative estimate of drug-likeness (QED) is 0.312. The largest absolute Gasteiger partial charge is 0.399 e. The molecule has 1 heterocycles. The first-order valence-corrected chi connectivity index (χ1v) is 9.59. The third-order valence-electron chi connectivity index (χ3n) is 4.93. The molecule has 1 aliphatic carbocycles. The Bertz CT molecular complexity index is 841. The number of halogens is 1. The molecule has 0 saturated heterocycles. The maximum Gasteiger partial charge on any atom is 0.329 e. The number of nitro groups is 1. The molecule has 0 aliphatic heterocycles. The first-order chi connectivity index (χ1) is 13.4. The van der Waals surface area contributed by atoms with Crippen molar-refractivity contribution < 1.29 is 4.92 Å². The third-order valence-corrected chi connectivity index (χ3v) is 5.28. The van der Waals surface area contributed by atoms with Crippen molar-refractivity contribution in [2.75, 3.05) is 22.9 Å². The lowest BCUT2D eigenvalue weighted by molar-refractivity contribution is -0.384. The Balaban J connectivity index is 1.67. The first kappa shape index (κ1) is 20.1. The Kier molecular flexibility index (Phi) is 6.48. The van der Waals surface area contributed by atoms with Crippen LogP contribution in [0.1, 0.15) is 31.2 Å². The lowest BCUT2D eigenvalue weighted by atomic mass is 9.86. The van der Waals surface area contributed by atoms with Crippen molar-refractivity contribution in [2.24, 2.45) is 11.7 Å². The molecule has 0 unspecified atom stereocenters. The van der Waals surface area contributed by atoms with Crippen molar-refractivity contribution in [1.29, 1.82) is 0 Å². The average molecular weight is 406 g/mol. The van der Waals surface area contributed by atoms with Crippen LogP contribution in [0.2, 0.25) is 5.02 Å². The molecule has 3 rings (SSSR count). The number of benzene rings is 1. The summed E-state index contributed by atoms with van der Waals surface area (Å²) in [6.07, 6.45) is 5.18. The molecule has 1 aromatic heterocycles. The van der Waals surface area contributed by atoms with Gasteiger partial charge in [-0.3, -0.25) is 10.1 Å². The van der Waals surface area contributed by atoms with Gasteiger partial charge in [-0.25, -0.2) is 4.98 Å². The maximum atomic E-state index is 11.3. The average Bonchev–Trinajstić information content (AvgIpc) is 2.67. The van der Waals surface area contributed by atoms with Gasteiger partial charge in [-0.15, -0.1) is 0 Å². The van der Waals surface area contributed by atoms with Gasteiger partial charge in [0.2, 0.25) is 11.8 Å². The predicted molar refractivity (Wildman–Crippen MR) is 110 cm³/mol. The van der Waals surface area contributed by atoms with Gasteiger partial charge in [0, 0.05) is 29.8 Å². The lowest BCUT2D eigenvalue weighted by Crippen LogP contribution is -2.29. The fourth-order valence-electron chi connectivity index (χ4n) is 3.24. The normalized spacial score (nSPS) is 19.2. The highest BCUT2D eigenvalue weighted by molar-refractivity contribution is 6.31. The van der Waals surface area contributed by atoms with Crippen LogP contribution < -0.4 is 22.1 Å². The molecule has 150 valence electrons. The Morgan fingerprint density at radius 1 is 1.25 bits per heavy atom. The van der Waals surface area contributed by atoms with Gasteiger partial charge in [0.15, 0.2) is 0 Å². The van der Waals surface area contributed by atoms with Gasteiger partial charge in [0.1, 0.15) is 6.20 Å². The number of nitrogen functional groups attached to an aromatic ring is 1. The fourth-order valence-corrected chi connectivity index (χ4v) is 3.49. The Labute approximate surface area is 168 Å². The molecule has 1 saturated carbocycles. The number of aromatic nitrogens is 2. The summed E-state index contributed by atoms with van der Waals surface area (Å²) < 4.78 is 0. The summed E-state index contributed by atoms with van der Waals surface area (Å²) in [7, 11) is 0. The summed E-state index contributed by atoms with van der Waals surface area (Å²) in [5, 5.41) is 18.0. The van der Waals surface area contributed by atoms with Gasteiger partial charge in [-0.2, -0.15) is 4.98 Å². The van der Waals surface area contributed by atoms with Crippen LogP contribution in [0.4, 0.5) is 23.1 Å². The maximum absolute atomic E-state index is 11.3. The third kappa shape index (κ3) is 5.20. The van der Waals surface area contributed by atoms with Gasteiger partial charge < -0.3 is 22.1 Å². The molecule has 0 amide bonds. The lowest BCUT2D eigenvalue weighted by Gasteiger charge is -2.26. The summed E-state index contributed by atoms with van der Waals surface area (Å²) in [4.78, 5) is 19.1. The summed E-state index contributed by atoms with van der Waals surface area (Å²) >= 11 is 6.17. The van der Waals surface area contributed by atoms with Gasteiger partial charge in [0.05, 0.1) is 4.92 Å². The predicted octanol–water partition coefficient (Wildman–Crippen LogP) is 3.16. The minimum Gasteiger partial charge on any atom is -0.399 e. The van der Waals surface area contributed by atoms with Crippen LogP contribution in [0.15, 0.2) is 24.4 Å². The SMILES string of the molecule is Nc1ccc(CNc2ncc([N+](=O)[O-])c(NCC3CCC(N)CC3)n2)c(Cl)c1. The smallest absolute Gasteiger partial charge is 0.329 e. The van der Waals surface area contributed by atoms with E-state index in [9.17, 15) is 10.1 Å². The number of nitrogens with two attached hydrogens (primary N) is 2. The van der Waals surface area contributed by atoms with E-state index in [0.29, 0.717) is 29.7 Å². The standard InChI is InChI=1S/C18H24ClN7O2/c19-15-7-14(21)6-3-12(15)9-23-18-24-10-16(26(27)28)17(25-18)22-8-11-1-4-13(20)5-2-11/h3,6-7,10-11,13H,1-2,4-5,8-9,20-21H2,(H2,22,23,24,25). The fraction of sp³-hybridized carbons (Fsp3) is 0.444. The minimum absolute atomic E-state index is 0.149. The molecule has 6 N–H and O–H groups in total. The van der Waals surface area contributed by atoms with E-state index in [1.807, 2.05) is 6.07 Å². The van der Waals surface area contributed by atoms with E-state index in [4.69, 9.17) is 23.1 Å². The van der Waals surface area contributed by atoms with Crippen LogP contribution in [0.25, 0.3) is 0 Å². The molecule has 2 aromatic rings. The van der Waals surface area contributed by atoms with E-state index < -0.39 is 4.92 Å². The second kappa shape index (κ2) is 9.03. The van der Waals surface area contributed by atoms with Crippen molar-refractivity contribution in [2.45, 2.75) is 38.3 Å². The zero-order valence-corrected chi connectivity index (χ0v) is 16.2. The number of hydrogen-bond donors (Lipinski definition) is 4. The van der Waals surface area contributed by atoms with E-state index in [0.717, 1.165) is 31.2 Å². The Morgan fingerprint density at radius 2 is 2.00 bits per heavy atom. The molecule has 1 aromatic carbocycles. The second-order valence-corrected chi connectivity index (χ2v) is 7.46. The van der Waals surface area contributed by atoms with Crippen LogP contribution in [-0.4, -0.2) is 27.5 Å². The molecule has 0 radical (unpaired) electrons. The first-order valence-electron chi connectivity index (χ1n) is 9.21. The van der Waals surface area contributed by atoms with Gasteiger partial charge in [-0.1, -0.05) is 17.7 Å². The highest BCUT2D eigenvalue weighted by Gasteiger charge is 2.21. The second-order valence-electron chi connectivity index (χ2n) is 7.05. The van der Waals surface area contributed by atoms with E-state index in [1.165, 1.54) is 6.20 Å². The summed E-state index contributed by atoms with van der Waals surface area (Å²) in [5.41, 5.74) is 12.9. The van der Waals surface area contributed by atoms with Crippen LogP contribution in [0, 0.1) is 16.0 Å². The van der Waals surface area contributed by atoms with Crippen molar-refractivity contribution >= 4 is 34.7 Å². The van der Waals surface area contributed by atoms with Gasteiger partial charge >= 0.3 is 5.69 Å². The molecule has 9 nitrogen and oxygen atoms in total. The summed E-state index contributed by atoms with van der Waals surface area (Å²) in [5.74, 6) is 0.923. The molecule has 28 heavy (non-hydrogen) atoms. The molecule has 1 fully saturated rings. The minimum atomic E-state index is -0.486. The summed E-state index contributed by atoms with van der Waals surface area (Å²) in [6, 6.07) is 5.49. The molecular formula is C18H24ClN7O2. The zero-order valence-electron chi connectivity index (χ0n) is 15.4. The molecular weight excluding hydrogens is 382 g/mol. The van der Waals surface area contributed by atoms with E-state index in [2.05, 4.69) is 20.6 Å². The molecule has 0 spiro atoms. The summed E-state index contributed by atoms with van der Waals surface area (Å²) in [6.45, 7) is 0.991. The van der Waals surface area contributed by atoms with E-state index >= 15 is 0 Å². The monoisotopic (exact) mass is 405 g/mol. The number of nitrogens with one attached hydrogen (secondary N) is 2. The van der Waals surface area contributed by atoms with Crippen LogP contribution in [-0.2, 0) is 6.54 Å². The topological polar surface area (TPSA) is 145 Å². The van der Waals surface area contributed by atoms with Crippen molar-refractivity contribution in [3.63, 3.8) is 0 Å². The van der Waals surface area contributed by atoms with Crippen LogP contribution in [0.5, 0.6) is 0 Å². The van der Waals surface area contributed by atoms with Crippen molar-refractivity contribution in [1.82, 2.24) is 9.97 Å². The van der Waals surface area contributed by atoms with Crippen molar-refractivity contribution in [3.05, 3.63) is 45.1 Å². The van der Waals surface area contributed by atoms with Crippen LogP contribution >= 0.6 is 11.6 Å². The van der Waals surface area contributed by atoms with Gasteiger partial charge in [-0.05, 0) is 49.3 Å². The zero-order chi connectivity index (χ0) is 20.1. The number of nitrogens with zero attached hydrogens (tertiary/aromatic N) is 3. The Morgan fingerprint density at radius 3 is 2.68 bits per heavy atom. The number of hydrogen-bond acceptors (Lipinski definition) is 8. The van der Waals surface area contributed by atoms with Crippen LogP contribution in [0.3, 0.4) is 0 Å². The highest BCUT2D eigenvalue weighted by Crippen LogP contribution is 2.27. The Hall–Kier alpha value is -2.65. The van der Waals surface area contributed by atoms with E-state index in [-0.39, 0.29) is 23.5 Å². The van der Waals surface area contributed by atoms with Crippen molar-refractivity contribution in [3.8, 4) is 0 Å². The highest BCUT2D eigenvalue weighted by atomic mass is 35.5. The molecule has 0 atom stereocenters. The van der Waals surface area contributed by atoms with Gasteiger partial charge in [0.25, 0.3) is 0 Å². The van der Waals surface area contributed by atoms with E-state index in [1.54, 1.807) is 12.1 Å². The number of rotatable bonds is 7. The molecule has 10 heteroatoms. The number of anilines is 3. The molecule has 0 bridgehead atoms. The molecule has 1 aliphatic rings.